The predicted molar refractivity (Wildman–Crippen MR) is 68.9 cm³/mol. The van der Waals surface area contributed by atoms with E-state index in [0.717, 1.165) is 0 Å². The third-order valence-electron chi connectivity index (χ3n) is 3.18. The van der Waals surface area contributed by atoms with Crippen LogP contribution in [0.4, 0.5) is 8.78 Å². The maximum Gasteiger partial charge on any atom is 0.161 e. The van der Waals surface area contributed by atoms with Crippen molar-refractivity contribution < 1.29 is 18.3 Å². The van der Waals surface area contributed by atoms with Gasteiger partial charge in [0.1, 0.15) is 23.3 Å². The minimum atomic E-state index is -0.849. The van der Waals surface area contributed by atoms with Gasteiger partial charge in [-0.15, -0.1) is 0 Å². The molecule has 0 bridgehead atoms. The summed E-state index contributed by atoms with van der Waals surface area (Å²) >= 11 is 0. The Balaban J connectivity index is 2.06. The molecule has 0 aromatic heterocycles. The van der Waals surface area contributed by atoms with Gasteiger partial charge in [0, 0.05) is 12.3 Å². The van der Waals surface area contributed by atoms with Crippen molar-refractivity contribution in [3.05, 3.63) is 47.0 Å². The van der Waals surface area contributed by atoms with E-state index < -0.39 is 17.2 Å². The second kappa shape index (κ2) is 6.60. The largest absolute Gasteiger partial charge is 0.352 e. The average molecular weight is 279 g/mol. The molecular weight excluding hydrogens is 264 g/mol. The van der Waals surface area contributed by atoms with Crippen LogP contribution in [-0.4, -0.2) is 19.5 Å². The first-order valence-corrected chi connectivity index (χ1v) is 6.39. The molecule has 1 saturated heterocycles. The summed E-state index contributed by atoms with van der Waals surface area (Å²) in [4.78, 5) is 0. The summed E-state index contributed by atoms with van der Waals surface area (Å²) in [6.07, 6.45) is 4.19. The van der Waals surface area contributed by atoms with Crippen molar-refractivity contribution in [3.63, 3.8) is 0 Å². The van der Waals surface area contributed by atoms with Crippen molar-refractivity contribution >= 4 is 0 Å². The first-order valence-electron chi connectivity index (χ1n) is 6.39. The van der Waals surface area contributed by atoms with Gasteiger partial charge >= 0.3 is 0 Å². The number of nitrogens with zero attached hydrogens (tertiary/aromatic N) is 1. The fraction of sp³-hybridized carbons (Fsp3) is 0.400. The number of halogens is 2. The van der Waals surface area contributed by atoms with Crippen LogP contribution < -0.4 is 0 Å². The topological polar surface area (TPSA) is 42.2 Å². The van der Waals surface area contributed by atoms with Gasteiger partial charge in [0.25, 0.3) is 0 Å². The number of ether oxygens (including phenoxy) is 2. The fourth-order valence-electron chi connectivity index (χ4n) is 2.05. The van der Waals surface area contributed by atoms with E-state index in [4.69, 9.17) is 14.7 Å². The summed E-state index contributed by atoms with van der Waals surface area (Å²) in [6, 6.07) is 3.85. The highest BCUT2D eigenvalue weighted by Gasteiger charge is 2.24. The quantitative estimate of drug-likeness (QED) is 0.797. The van der Waals surface area contributed by atoms with Gasteiger partial charge in [-0.2, -0.15) is 5.26 Å². The van der Waals surface area contributed by atoms with E-state index >= 15 is 0 Å². The number of hydrogen-bond donors (Lipinski definition) is 0. The van der Waals surface area contributed by atoms with E-state index in [2.05, 4.69) is 0 Å². The highest BCUT2D eigenvalue weighted by molar-refractivity contribution is 5.36. The number of rotatable bonds is 3. The summed E-state index contributed by atoms with van der Waals surface area (Å²) < 4.78 is 38.1. The van der Waals surface area contributed by atoms with Crippen LogP contribution in [0.5, 0.6) is 0 Å². The molecule has 1 aromatic carbocycles. The monoisotopic (exact) mass is 279 g/mol. The van der Waals surface area contributed by atoms with Crippen LogP contribution >= 0.6 is 0 Å². The van der Waals surface area contributed by atoms with Gasteiger partial charge in [0.15, 0.2) is 6.29 Å². The molecule has 2 rings (SSSR count). The maximum atomic E-state index is 13.6. The Morgan fingerprint density at radius 1 is 1.30 bits per heavy atom. The van der Waals surface area contributed by atoms with Crippen molar-refractivity contribution in [1.82, 2.24) is 0 Å². The van der Waals surface area contributed by atoms with E-state index in [-0.39, 0.29) is 12.2 Å². The Morgan fingerprint density at radius 3 is 2.40 bits per heavy atom. The van der Waals surface area contributed by atoms with Crippen molar-refractivity contribution in [2.24, 2.45) is 0 Å². The van der Waals surface area contributed by atoms with Gasteiger partial charge in [-0.05, 0) is 24.6 Å². The SMILES string of the molecule is CC=CCC1OCC(c2cc(F)c(C#N)c(F)c2)CO1. The molecule has 0 N–H and O–H groups in total. The lowest BCUT2D eigenvalue weighted by Gasteiger charge is -2.29. The zero-order valence-electron chi connectivity index (χ0n) is 11.1. The average Bonchev–Trinajstić information content (AvgIpc) is 2.45. The second-order valence-electron chi connectivity index (χ2n) is 4.57. The normalized spacial score (nSPS) is 22.9. The Labute approximate surface area is 116 Å². The molecule has 1 fully saturated rings. The van der Waals surface area contributed by atoms with Crippen LogP contribution in [0.2, 0.25) is 0 Å². The van der Waals surface area contributed by atoms with Gasteiger partial charge < -0.3 is 9.47 Å². The van der Waals surface area contributed by atoms with Gasteiger partial charge in [-0.1, -0.05) is 12.2 Å². The molecule has 0 atom stereocenters. The van der Waals surface area contributed by atoms with E-state index in [1.165, 1.54) is 18.2 Å². The van der Waals surface area contributed by atoms with Crippen LogP contribution in [0, 0.1) is 23.0 Å². The molecule has 1 aliphatic rings. The Hall–Kier alpha value is -1.77. The summed E-state index contributed by atoms with van der Waals surface area (Å²) in [5.74, 6) is -1.93. The molecule has 0 radical (unpaired) electrons. The first-order chi connectivity index (χ1) is 9.65. The van der Waals surface area contributed by atoms with Crippen molar-refractivity contribution in [1.29, 1.82) is 5.26 Å². The zero-order chi connectivity index (χ0) is 14.5. The maximum absolute atomic E-state index is 13.6. The van der Waals surface area contributed by atoms with Crippen molar-refractivity contribution in [3.8, 4) is 6.07 Å². The third kappa shape index (κ3) is 3.21. The molecule has 20 heavy (non-hydrogen) atoms. The zero-order valence-corrected chi connectivity index (χ0v) is 11.1. The number of allylic oxidation sites excluding steroid dienone is 1. The molecule has 0 aliphatic carbocycles. The van der Waals surface area contributed by atoms with Crippen molar-refractivity contribution in [2.75, 3.05) is 13.2 Å². The van der Waals surface area contributed by atoms with Gasteiger partial charge in [-0.25, -0.2) is 8.78 Å². The van der Waals surface area contributed by atoms with Crippen LogP contribution in [0.25, 0.3) is 0 Å². The van der Waals surface area contributed by atoms with E-state index in [9.17, 15) is 8.78 Å². The molecular formula is C15H15F2NO2. The van der Waals surface area contributed by atoms with Gasteiger partial charge in [0.05, 0.1) is 13.2 Å². The standard InChI is InChI=1S/C15H15F2NO2/c1-2-3-4-15-19-8-11(9-20-15)10-5-13(16)12(7-18)14(17)6-10/h2-3,5-6,11,15H,4,8-9H2,1H3. The molecule has 1 heterocycles. The Kier molecular flexibility index (Phi) is 4.83. The summed E-state index contributed by atoms with van der Waals surface area (Å²) in [7, 11) is 0. The van der Waals surface area contributed by atoms with Gasteiger partial charge in [-0.3, -0.25) is 0 Å². The molecule has 106 valence electrons. The van der Waals surface area contributed by atoms with E-state index in [1.54, 1.807) is 0 Å². The number of nitriles is 1. The second-order valence-corrected chi connectivity index (χ2v) is 4.57. The van der Waals surface area contributed by atoms with Gasteiger partial charge in [0.2, 0.25) is 0 Å². The lowest BCUT2D eigenvalue weighted by molar-refractivity contribution is -0.184. The van der Waals surface area contributed by atoms with E-state index in [0.29, 0.717) is 25.2 Å². The van der Waals surface area contributed by atoms with Crippen LogP contribution in [0.3, 0.4) is 0 Å². The number of benzene rings is 1. The van der Waals surface area contributed by atoms with Crippen LogP contribution in [0.1, 0.15) is 30.4 Å². The van der Waals surface area contributed by atoms with E-state index in [1.807, 2.05) is 19.1 Å². The molecule has 0 saturated carbocycles. The summed E-state index contributed by atoms with van der Waals surface area (Å²) in [6.45, 7) is 2.59. The molecule has 0 amide bonds. The van der Waals surface area contributed by atoms with Crippen LogP contribution in [0.15, 0.2) is 24.3 Å². The lowest BCUT2D eigenvalue weighted by Crippen LogP contribution is -2.30. The Morgan fingerprint density at radius 2 is 1.90 bits per heavy atom. The molecule has 1 aromatic rings. The highest BCUT2D eigenvalue weighted by atomic mass is 19.1. The third-order valence-corrected chi connectivity index (χ3v) is 3.18. The predicted octanol–water partition coefficient (Wildman–Crippen LogP) is 3.26. The molecule has 0 unspecified atom stereocenters. The minimum absolute atomic E-state index is 0.228. The first kappa shape index (κ1) is 14.6. The molecule has 3 nitrogen and oxygen atoms in total. The smallest absolute Gasteiger partial charge is 0.161 e. The fourth-order valence-corrected chi connectivity index (χ4v) is 2.05. The molecule has 1 aliphatic heterocycles. The van der Waals surface area contributed by atoms with Crippen LogP contribution in [-0.2, 0) is 9.47 Å². The lowest BCUT2D eigenvalue weighted by atomic mass is 9.98. The highest BCUT2D eigenvalue weighted by Crippen LogP contribution is 2.26. The molecule has 0 spiro atoms. The van der Waals surface area contributed by atoms with Crippen molar-refractivity contribution in [2.45, 2.75) is 25.6 Å². The summed E-state index contributed by atoms with van der Waals surface area (Å²) in [5, 5.41) is 8.63. The number of hydrogen-bond acceptors (Lipinski definition) is 3. The molecule has 5 heteroatoms. The summed E-state index contributed by atoms with van der Waals surface area (Å²) in [5.41, 5.74) is -0.110. The Bertz CT molecular complexity index is 520. The minimum Gasteiger partial charge on any atom is -0.352 e.